The SMILES string of the molecule is CC1CCC(C2CCC(C3CCC(C4=[S+]CCCS4)OC3)CC2)CC1. The predicted molar refractivity (Wildman–Crippen MR) is 113 cm³/mol. The monoisotopic (exact) mass is 381 g/mol. The van der Waals surface area contributed by atoms with Gasteiger partial charge in [-0.25, -0.2) is 0 Å². The van der Waals surface area contributed by atoms with Crippen molar-refractivity contribution in [2.75, 3.05) is 18.1 Å². The van der Waals surface area contributed by atoms with Gasteiger partial charge in [0.2, 0.25) is 0 Å². The lowest BCUT2D eigenvalue weighted by atomic mass is 9.67. The summed E-state index contributed by atoms with van der Waals surface area (Å²) in [6.45, 7) is 3.50. The van der Waals surface area contributed by atoms with Crippen molar-refractivity contribution in [2.24, 2.45) is 29.6 Å². The van der Waals surface area contributed by atoms with E-state index in [-0.39, 0.29) is 0 Å². The van der Waals surface area contributed by atoms with Gasteiger partial charge in [0.15, 0.2) is 17.1 Å². The predicted octanol–water partition coefficient (Wildman–Crippen LogP) is 5.76. The van der Waals surface area contributed by atoms with Crippen molar-refractivity contribution in [1.29, 1.82) is 0 Å². The smallest absolute Gasteiger partial charge is 0.263 e. The first-order chi connectivity index (χ1) is 12.3. The normalized spacial score (nSPS) is 43.5. The summed E-state index contributed by atoms with van der Waals surface area (Å²) >= 11 is 4.15. The highest BCUT2D eigenvalue weighted by Crippen LogP contribution is 2.44. The van der Waals surface area contributed by atoms with Gasteiger partial charge < -0.3 is 4.74 Å². The molecule has 0 aromatic heterocycles. The van der Waals surface area contributed by atoms with Crippen LogP contribution in [0.5, 0.6) is 0 Å². The summed E-state index contributed by atoms with van der Waals surface area (Å²) in [6, 6.07) is 0. The quantitative estimate of drug-likeness (QED) is 0.454. The summed E-state index contributed by atoms with van der Waals surface area (Å²) in [7, 11) is 0. The Bertz CT molecular complexity index is 439. The van der Waals surface area contributed by atoms with E-state index in [9.17, 15) is 0 Å². The fourth-order valence-electron chi connectivity index (χ4n) is 5.81. The van der Waals surface area contributed by atoms with Gasteiger partial charge in [-0.2, -0.15) is 0 Å². The number of hydrogen-bond donors (Lipinski definition) is 0. The lowest BCUT2D eigenvalue weighted by molar-refractivity contribution is -0.00895. The first-order valence-corrected chi connectivity index (χ1v) is 13.0. The maximum absolute atomic E-state index is 6.36. The third kappa shape index (κ3) is 4.82. The van der Waals surface area contributed by atoms with E-state index in [2.05, 4.69) is 30.0 Å². The molecule has 0 spiro atoms. The molecule has 0 aromatic carbocycles. The summed E-state index contributed by atoms with van der Waals surface area (Å²) in [5, 5.41) is 0. The molecular formula is C22H37OS2+. The van der Waals surface area contributed by atoms with Crippen LogP contribution in [0.3, 0.4) is 0 Å². The van der Waals surface area contributed by atoms with Gasteiger partial charge in [-0.1, -0.05) is 31.5 Å². The highest BCUT2D eigenvalue weighted by atomic mass is 32.2. The Labute approximate surface area is 163 Å². The van der Waals surface area contributed by atoms with Crippen molar-refractivity contribution in [2.45, 2.75) is 83.7 Å². The molecule has 4 rings (SSSR count). The van der Waals surface area contributed by atoms with Crippen LogP contribution in [0.4, 0.5) is 0 Å². The van der Waals surface area contributed by atoms with Gasteiger partial charge in [-0.15, -0.1) is 0 Å². The third-order valence-corrected chi connectivity index (χ3v) is 10.3. The summed E-state index contributed by atoms with van der Waals surface area (Å²) in [5.74, 6) is 7.59. The van der Waals surface area contributed by atoms with Gasteiger partial charge in [0.05, 0.1) is 6.61 Å². The molecule has 0 amide bonds. The largest absolute Gasteiger partial charge is 0.367 e. The van der Waals surface area contributed by atoms with Gasteiger partial charge in [0, 0.05) is 12.2 Å². The maximum Gasteiger partial charge on any atom is 0.263 e. The lowest BCUT2D eigenvalue weighted by Crippen LogP contribution is -2.37. The standard InChI is InChI=1S/C22H37OS2/c1-16-3-5-17(6-4-16)18-7-9-19(10-8-18)20-11-12-21(23-15-20)22-24-13-2-14-25-22/h16-21H,2-15H2,1H3/q+1. The lowest BCUT2D eigenvalue weighted by Gasteiger charge is -2.40. The first kappa shape index (κ1) is 18.7. The molecular weight excluding hydrogens is 344 g/mol. The van der Waals surface area contributed by atoms with Crippen LogP contribution < -0.4 is 0 Å². The number of ether oxygens (including phenoxy) is 1. The molecule has 142 valence electrons. The average Bonchev–Trinajstić information content (AvgIpc) is 2.70. The summed E-state index contributed by atoms with van der Waals surface area (Å²) in [6.07, 6.45) is 16.6. The molecule has 0 aromatic rings. The molecule has 2 unspecified atom stereocenters. The molecule has 2 aliphatic heterocycles. The minimum absolute atomic E-state index is 0.465. The topological polar surface area (TPSA) is 9.23 Å². The Morgan fingerprint density at radius 3 is 1.96 bits per heavy atom. The van der Waals surface area contributed by atoms with E-state index in [0.29, 0.717) is 6.10 Å². The molecule has 3 fully saturated rings. The number of rotatable bonds is 3. The highest BCUT2D eigenvalue weighted by Gasteiger charge is 2.37. The molecule has 2 aliphatic carbocycles. The maximum atomic E-state index is 6.36. The Morgan fingerprint density at radius 2 is 1.40 bits per heavy atom. The Kier molecular flexibility index (Phi) is 6.80. The molecule has 1 nitrogen and oxygen atoms in total. The van der Waals surface area contributed by atoms with Crippen LogP contribution in [0.2, 0.25) is 0 Å². The molecule has 2 heterocycles. The average molecular weight is 382 g/mol. The van der Waals surface area contributed by atoms with Crippen molar-refractivity contribution in [3.05, 3.63) is 0 Å². The van der Waals surface area contributed by atoms with E-state index in [0.717, 1.165) is 36.2 Å². The molecule has 2 saturated carbocycles. The van der Waals surface area contributed by atoms with Crippen LogP contribution in [0.1, 0.15) is 77.6 Å². The summed E-state index contributed by atoms with van der Waals surface area (Å²) in [5.41, 5.74) is 0. The zero-order valence-electron chi connectivity index (χ0n) is 16.1. The Balaban J connectivity index is 1.20. The minimum Gasteiger partial charge on any atom is -0.367 e. The second-order valence-corrected chi connectivity index (χ2v) is 11.8. The van der Waals surface area contributed by atoms with E-state index in [4.69, 9.17) is 4.74 Å². The van der Waals surface area contributed by atoms with Crippen LogP contribution in [-0.4, -0.2) is 28.4 Å². The van der Waals surface area contributed by atoms with E-state index >= 15 is 0 Å². The molecule has 1 saturated heterocycles. The fraction of sp³-hybridized carbons (Fsp3) is 0.955. The van der Waals surface area contributed by atoms with E-state index in [1.165, 1.54) is 82.1 Å². The van der Waals surface area contributed by atoms with Crippen LogP contribution in [0, 0.1) is 29.6 Å². The van der Waals surface area contributed by atoms with Crippen molar-refractivity contribution in [1.82, 2.24) is 0 Å². The molecule has 0 radical (unpaired) electrons. The van der Waals surface area contributed by atoms with E-state index in [1.54, 1.807) is 4.20 Å². The Hall–Kier alpha value is 0.400. The Morgan fingerprint density at radius 1 is 0.800 bits per heavy atom. The van der Waals surface area contributed by atoms with Crippen LogP contribution in [0.25, 0.3) is 0 Å². The van der Waals surface area contributed by atoms with Gasteiger partial charge in [-0.3, -0.25) is 0 Å². The van der Waals surface area contributed by atoms with Crippen LogP contribution >= 0.6 is 11.8 Å². The zero-order valence-corrected chi connectivity index (χ0v) is 17.7. The van der Waals surface area contributed by atoms with E-state index in [1.807, 2.05) is 0 Å². The van der Waals surface area contributed by atoms with Crippen LogP contribution in [0.15, 0.2) is 0 Å². The molecule has 25 heavy (non-hydrogen) atoms. The molecule has 0 N–H and O–H groups in total. The van der Waals surface area contributed by atoms with Gasteiger partial charge in [0.25, 0.3) is 4.20 Å². The highest BCUT2D eigenvalue weighted by molar-refractivity contribution is 8.23. The second kappa shape index (κ2) is 9.06. The number of hydrogen-bond acceptors (Lipinski definition) is 2. The molecule has 0 bridgehead atoms. The molecule has 3 heteroatoms. The van der Waals surface area contributed by atoms with Crippen molar-refractivity contribution in [3.63, 3.8) is 0 Å². The van der Waals surface area contributed by atoms with Crippen molar-refractivity contribution < 1.29 is 4.74 Å². The number of thioether (sulfide) groups is 1. The van der Waals surface area contributed by atoms with Gasteiger partial charge >= 0.3 is 0 Å². The third-order valence-electron chi connectivity index (χ3n) is 7.56. The minimum atomic E-state index is 0.465. The first-order valence-electron chi connectivity index (χ1n) is 11.0. The van der Waals surface area contributed by atoms with Gasteiger partial charge in [0.1, 0.15) is 6.10 Å². The zero-order chi connectivity index (χ0) is 17.1. The summed E-state index contributed by atoms with van der Waals surface area (Å²) < 4.78 is 7.96. The second-order valence-electron chi connectivity index (χ2n) is 9.22. The van der Waals surface area contributed by atoms with Gasteiger partial charge in [-0.05, 0) is 81.0 Å². The molecule has 4 aliphatic rings. The fourth-order valence-corrected chi connectivity index (χ4v) is 8.55. The van der Waals surface area contributed by atoms with Crippen molar-refractivity contribution in [3.8, 4) is 0 Å². The van der Waals surface area contributed by atoms with Crippen LogP contribution in [-0.2, 0) is 16.1 Å². The molecule has 2 atom stereocenters. The summed E-state index contributed by atoms with van der Waals surface area (Å²) in [4.78, 5) is 0. The van der Waals surface area contributed by atoms with Crippen molar-refractivity contribution >= 4 is 27.3 Å². The van der Waals surface area contributed by atoms with E-state index < -0.39 is 0 Å².